The Morgan fingerprint density at radius 3 is 2.00 bits per heavy atom. The number of nitrogens with zero attached hydrogens (tertiary/aromatic N) is 4. The molecule has 0 aliphatic rings. The van der Waals surface area contributed by atoms with Gasteiger partial charge in [0.25, 0.3) is 0 Å². The van der Waals surface area contributed by atoms with Gasteiger partial charge in [0.2, 0.25) is 0 Å². The fraction of sp³-hybridized carbons (Fsp3) is 0.667. The number of hydrogen-bond acceptors (Lipinski definition) is 4. The van der Waals surface area contributed by atoms with Crippen molar-refractivity contribution in [2.45, 2.75) is 32.6 Å². The highest BCUT2D eigenvalue weighted by atomic mass is 14.4. The maximum atomic E-state index is 8.87. The summed E-state index contributed by atoms with van der Waals surface area (Å²) in [7, 11) is 0. The monoisotopic (exact) mass is 214 g/mol. The van der Waals surface area contributed by atoms with Gasteiger partial charge in [-0.05, 0) is 25.2 Å². The van der Waals surface area contributed by atoms with Gasteiger partial charge in [0.1, 0.15) is 0 Å². The van der Waals surface area contributed by atoms with Gasteiger partial charge < -0.3 is 0 Å². The molecule has 0 aromatic rings. The summed E-state index contributed by atoms with van der Waals surface area (Å²) < 4.78 is 0. The van der Waals surface area contributed by atoms with Crippen LogP contribution in [0, 0.1) is 63.1 Å². The van der Waals surface area contributed by atoms with Crippen LogP contribution in [0.1, 0.15) is 32.6 Å². The number of nitriles is 4. The molecule has 3 unspecified atom stereocenters. The fourth-order valence-electron chi connectivity index (χ4n) is 1.79. The van der Waals surface area contributed by atoms with Crippen molar-refractivity contribution in [2.75, 3.05) is 0 Å². The molecule has 0 radical (unpaired) electrons. The zero-order chi connectivity index (χ0) is 12.4. The molecule has 4 heteroatoms. The molecular formula is C12H14N4. The first-order valence-corrected chi connectivity index (χ1v) is 5.21. The average Bonchev–Trinajstić information content (AvgIpc) is 2.31. The van der Waals surface area contributed by atoms with Crippen LogP contribution in [0.2, 0.25) is 0 Å². The second-order valence-electron chi connectivity index (χ2n) is 3.76. The van der Waals surface area contributed by atoms with Crippen LogP contribution in [0.3, 0.4) is 0 Å². The number of rotatable bonds is 6. The molecule has 0 rings (SSSR count). The zero-order valence-corrected chi connectivity index (χ0v) is 9.35. The van der Waals surface area contributed by atoms with E-state index in [0.29, 0.717) is 19.3 Å². The van der Waals surface area contributed by atoms with E-state index in [9.17, 15) is 0 Å². The van der Waals surface area contributed by atoms with Crippen LogP contribution in [0.5, 0.6) is 0 Å². The molecule has 0 heterocycles. The van der Waals surface area contributed by atoms with Crippen molar-refractivity contribution in [3.05, 3.63) is 0 Å². The Bertz CT molecular complexity index is 360. The SMILES string of the molecule is CC(C#N)C(CC#N)C(CC#N)CCC#N. The Morgan fingerprint density at radius 1 is 0.938 bits per heavy atom. The van der Waals surface area contributed by atoms with Crippen LogP contribution in [0.15, 0.2) is 0 Å². The molecule has 82 valence electrons. The normalized spacial score (nSPS) is 14.6. The van der Waals surface area contributed by atoms with Crippen LogP contribution in [0.4, 0.5) is 0 Å². The van der Waals surface area contributed by atoms with Crippen LogP contribution in [-0.2, 0) is 0 Å². The third-order valence-electron chi connectivity index (χ3n) is 2.76. The predicted molar refractivity (Wildman–Crippen MR) is 57.1 cm³/mol. The first kappa shape index (κ1) is 14.0. The van der Waals surface area contributed by atoms with Gasteiger partial charge in [-0.25, -0.2) is 0 Å². The van der Waals surface area contributed by atoms with Gasteiger partial charge in [0, 0.05) is 25.2 Å². The van der Waals surface area contributed by atoms with E-state index in [1.165, 1.54) is 0 Å². The van der Waals surface area contributed by atoms with Crippen LogP contribution in [-0.4, -0.2) is 0 Å². The number of hydrogen-bond donors (Lipinski definition) is 0. The summed E-state index contributed by atoms with van der Waals surface area (Å²) in [4.78, 5) is 0. The molecule has 0 bridgehead atoms. The van der Waals surface area contributed by atoms with Crippen molar-refractivity contribution in [3.8, 4) is 24.3 Å². The Morgan fingerprint density at radius 2 is 1.56 bits per heavy atom. The molecule has 0 aliphatic heterocycles. The second-order valence-corrected chi connectivity index (χ2v) is 3.76. The molecule has 0 aromatic carbocycles. The Labute approximate surface area is 96.3 Å². The van der Waals surface area contributed by atoms with Gasteiger partial charge in [0.15, 0.2) is 0 Å². The largest absolute Gasteiger partial charge is 0.198 e. The Balaban J connectivity index is 4.69. The van der Waals surface area contributed by atoms with E-state index in [4.69, 9.17) is 21.0 Å². The second kappa shape index (κ2) is 8.28. The van der Waals surface area contributed by atoms with Gasteiger partial charge in [-0.2, -0.15) is 21.0 Å². The molecule has 0 fully saturated rings. The Kier molecular flexibility index (Phi) is 7.23. The molecule has 0 N–H and O–H groups in total. The molecule has 0 aromatic heterocycles. The lowest BCUT2D eigenvalue weighted by molar-refractivity contribution is 0.272. The van der Waals surface area contributed by atoms with E-state index < -0.39 is 0 Å². The molecule has 0 saturated carbocycles. The van der Waals surface area contributed by atoms with Gasteiger partial charge in [-0.3, -0.25) is 0 Å². The van der Waals surface area contributed by atoms with Crippen molar-refractivity contribution in [3.63, 3.8) is 0 Å². The predicted octanol–water partition coefficient (Wildman–Crippen LogP) is 2.51. The smallest absolute Gasteiger partial charge is 0.0656 e. The molecule has 0 aliphatic carbocycles. The van der Waals surface area contributed by atoms with Crippen molar-refractivity contribution < 1.29 is 0 Å². The summed E-state index contributed by atoms with van der Waals surface area (Å²) in [6.45, 7) is 1.76. The van der Waals surface area contributed by atoms with E-state index in [0.717, 1.165) is 0 Å². The van der Waals surface area contributed by atoms with Crippen molar-refractivity contribution >= 4 is 0 Å². The maximum absolute atomic E-state index is 8.87. The lowest BCUT2D eigenvalue weighted by Gasteiger charge is -2.24. The molecule has 0 spiro atoms. The first-order valence-electron chi connectivity index (χ1n) is 5.21. The standard InChI is InChI=1S/C12H14N4/c1-10(9-16)12(5-8-15)11(4-7-14)3-2-6-13/h10-12H,2-5H2,1H3. The van der Waals surface area contributed by atoms with Crippen LogP contribution >= 0.6 is 0 Å². The molecule has 0 amide bonds. The van der Waals surface area contributed by atoms with E-state index in [2.05, 4.69) is 18.2 Å². The highest BCUT2D eigenvalue weighted by Crippen LogP contribution is 2.30. The first-order chi connectivity index (χ1) is 7.71. The topological polar surface area (TPSA) is 95.2 Å². The van der Waals surface area contributed by atoms with Crippen LogP contribution < -0.4 is 0 Å². The average molecular weight is 214 g/mol. The van der Waals surface area contributed by atoms with E-state index >= 15 is 0 Å². The van der Waals surface area contributed by atoms with Crippen molar-refractivity contribution in [1.82, 2.24) is 0 Å². The minimum absolute atomic E-state index is 0.0288. The van der Waals surface area contributed by atoms with E-state index in [-0.39, 0.29) is 24.2 Å². The van der Waals surface area contributed by atoms with Crippen LogP contribution in [0.25, 0.3) is 0 Å². The fourth-order valence-corrected chi connectivity index (χ4v) is 1.79. The lowest BCUT2D eigenvalue weighted by atomic mass is 9.77. The summed E-state index contributed by atoms with van der Waals surface area (Å²) in [5.74, 6) is -0.390. The minimum Gasteiger partial charge on any atom is -0.198 e. The molecule has 16 heavy (non-hydrogen) atoms. The summed E-state index contributed by atoms with van der Waals surface area (Å²) in [5.41, 5.74) is 0. The highest BCUT2D eigenvalue weighted by molar-refractivity contribution is 4.95. The summed E-state index contributed by atoms with van der Waals surface area (Å²) in [6.07, 6.45) is 1.53. The third kappa shape index (κ3) is 4.45. The van der Waals surface area contributed by atoms with Gasteiger partial charge in [-0.1, -0.05) is 0 Å². The van der Waals surface area contributed by atoms with E-state index in [1.54, 1.807) is 6.92 Å². The van der Waals surface area contributed by atoms with Gasteiger partial charge in [0.05, 0.1) is 24.3 Å². The van der Waals surface area contributed by atoms with Crippen molar-refractivity contribution in [2.24, 2.45) is 17.8 Å². The molecule has 4 nitrogen and oxygen atoms in total. The van der Waals surface area contributed by atoms with Gasteiger partial charge in [-0.15, -0.1) is 0 Å². The maximum Gasteiger partial charge on any atom is 0.0656 e. The zero-order valence-electron chi connectivity index (χ0n) is 9.35. The van der Waals surface area contributed by atoms with Crippen molar-refractivity contribution in [1.29, 1.82) is 21.0 Å². The highest BCUT2D eigenvalue weighted by Gasteiger charge is 2.26. The molecule has 0 saturated heterocycles. The third-order valence-corrected chi connectivity index (χ3v) is 2.76. The molecular weight excluding hydrogens is 200 g/mol. The molecule has 3 atom stereocenters. The van der Waals surface area contributed by atoms with Gasteiger partial charge >= 0.3 is 0 Å². The quantitative estimate of drug-likeness (QED) is 0.678. The minimum atomic E-state index is -0.253. The van der Waals surface area contributed by atoms with E-state index in [1.807, 2.05) is 6.07 Å². The lowest BCUT2D eigenvalue weighted by Crippen LogP contribution is -2.20. The summed E-state index contributed by atoms with van der Waals surface area (Å²) >= 11 is 0. The summed E-state index contributed by atoms with van der Waals surface area (Å²) in [5, 5.41) is 34.8. The Hall–Kier alpha value is -2.04. The summed E-state index contributed by atoms with van der Waals surface area (Å²) in [6, 6.07) is 8.28.